The largest absolute Gasteiger partial charge is 0.493 e. The minimum Gasteiger partial charge on any atom is -0.493 e. The van der Waals surface area contributed by atoms with Gasteiger partial charge in [-0.05, 0) is 66.1 Å². The quantitative estimate of drug-likeness (QED) is 0.474. The fourth-order valence-corrected chi connectivity index (χ4v) is 4.55. The van der Waals surface area contributed by atoms with Crippen LogP contribution in [0.25, 0.3) is 0 Å². The van der Waals surface area contributed by atoms with Crippen molar-refractivity contribution >= 4 is 23.5 Å². The Hall–Kier alpha value is -3.58. The molecule has 0 saturated carbocycles. The second-order valence-corrected chi connectivity index (χ2v) is 8.17. The molecular formula is C26H23ClFNO5. The molecule has 0 N–H and O–H groups in total. The van der Waals surface area contributed by atoms with Crippen molar-refractivity contribution in [3.8, 4) is 11.5 Å². The second kappa shape index (κ2) is 9.73. The molecule has 0 saturated heterocycles. The number of hydrogen-bond donors (Lipinski definition) is 0. The molecule has 1 heterocycles. The summed E-state index contributed by atoms with van der Waals surface area (Å²) in [6.07, 6.45) is 0.532. The van der Waals surface area contributed by atoms with Gasteiger partial charge in [0, 0.05) is 22.7 Å². The number of esters is 1. The van der Waals surface area contributed by atoms with E-state index in [-0.39, 0.29) is 16.5 Å². The van der Waals surface area contributed by atoms with Crippen molar-refractivity contribution in [1.29, 1.82) is 0 Å². The van der Waals surface area contributed by atoms with Crippen LogP contribution in [0, 0.1) is 5.82 Å². The van der Waals surface area contributed by atoms with Gasteiger partial charge in [-0.25, -0.2) is 9.18 Å². The summed E-state index contributed by atoms with van der Waals surface area (Å²) in [5.41, 5.74) is 2.50. The van der Waals surface area contributed by atoms with Gasteiger partial charge in [0.2, 0.25) is 0 Å². The average Bonchev–Trinajstić information content (AvgIpc) is 2.86. The molecule has 4 rings (SSSR count). The molecule has 176 valence electrons. The molecular weight excluding hydrogens is 461 g/mol. The summed E-state index contributed by atoms with van der Waals surface area (Å²) in [7, 11) is 4.36. The molecule has 1 amide bonds. The zero-order valence-corrected chi connectivity index (χ0v) is 19.7. The summed E-state index contributed by atoms with van der Waals surface area (Å²) in [6.45, 7) is 0.329. The van der Waals surface area contributed by atoms with Crippen LogP contribution >= 0.6 is 11.6 Å². The van der Waals surface area contributed by atoms with E-state index in [2.05, 4.69) is 0 Å². The molecule has 0 radical (unpaired) electrons. The van der Waals surface area contributed by atoms with E-state index in [4.69, 9.17) is 25.8 Å². The number of rotatable bonds is 5. The number of carbonyl (C=O) groups is 2. The maximum Gasteiger partial charge on any atom is 0.337 e. The van der Waals surface area contributed by atoms with Crippen molar-refractivity contribution in [3.05, 3.63) is 93.3 Å². The van der Waals surface area contributed by atoms with Crippen LogP contribution in [0.5, 0.6) is 11.5 Å². The highest BCUT2D eigenvalue weighted by Gasteiger charge is 2.36. The SMILES string of the molecule is COC(=O)c1ccc(C(=O)N2CCc3cc(OC)c(OC)cc3[C@@H]2c2c(F)cccc2Cl)cc1. The lowest BCUT2D eigenvalue weighted by molar-refractivity contribution is 0.0599. The third kappa shape index (κ3) is 4.19. The number of ether oxygens (including phenoxy) is 3. The Morgan fingerprint density at radius 3 is 2.24 bits per heavy atom. The Morgan fingerprint density at radius 1 is 0.971 bits per heavy atom. The molecule has 1 aliphatic rings. The number of hydrogen-bond acceptors (Lipinski definition) is 5. The van der Waals surface area contributed by atoms with E-state index in [0.29, 0.717) is 41.2 Å². The third-order valence-electron chi connectivity index (χ3n) is 5.96. The van der Waals surface area contributed by atoms with Crippen molar-refractivity contribution in [2.45, 2.75) is 12.5 Å². The minimum absolute atomic E-state index is 0.205. The lowest BCUT2D eigenvalue weighted by Gasteiger charge is -2.38. The topological polar surface area (TPSA) is 65.1 Å². The summed E-state index contributed by atoms with van der Waals surface area (Å²) in [6, 6.07) is 13.4. The van der Waals surface area contributed by atoms with Gasteiger partial charge in [-0.3, -0.25) is 4.79 Å². The third-order valence-corrected chi connectivity index (χ3v) is 6.29. The summed E-state index contributed by atoms with van der Waals surface area (Å²) in [5.74, 6) is -0.309. The van der Waals surface area contributed by atoms with Crippen molar-refractivity contribution < 1.29 is 28.2 Å². The maximum atomic E-state index is 15.1. The predicted molar refractivity (Wildman–Crippen MR) is 125 cm³/mol. The Balaban J connectivity index is 1.84. The van der Waals surface area contributed by atoms with E-state index in [9.17, 15) is 9.59 Å². The molecule has 34 heavy (non-hydrogen) atoms. The van der Waals surface area contributed by atoms with Crippen LogP contribution in [0.4, 0.5) is 4.39 Å². The molecule has 8 heteroatoms. The molecule has 1 atom stereocenters. The normalized spacial score (nSPS) is 14.9. The van der Waals surface area contributed by atoms with Crippen LogP contribution < -0.4 is 9.47 Å². The van der Waals surface area contributed by atoms with Crippen LogP contribution in [0.1, 0.15) is 43.4 Å². The smallest absolute Gasteiger partial charge is 0.337 e. The van der Waals surface area contributed by atoms with Gasteiger partial charge in [0.15, 0.2) is 11.5 Å². The lowest BCUT2D eigenvalue weighted by atomic mass is 9.86. The number of amides is 1. The van der Waals surface area contributed by atoms with E-state index in [0.717, 1.165) is 5.56 Å². The van der Waals surface area contributed by atoms with Crippen LogP contribution in [0.15, 0.2) is 54.6 Å². The van der Waals surface area contributed by atoms with Crippen molar-refractivity contribution in [1.82, 2.24) is 4.90 Å². The molecule has 3 aromatic rings. The Bertz CT molecular complexity index is 1220. The number of carbonyl (C=O) groups excluding carboxylic acids is 2. The monoisotopic (exact) mass is 483 g/mol. The molecule has 1 aliphatic heterocycles. The lowest BCUT2D eigenvalue weighted by Crippen LogP contribution is -2.41. The first-order valence-corrected chi connectivity index (χ1v) is 11.0. The predicted octanol–water partition coefficient (Wildman–Crippen LogP) is 5.07. The Morgan fingerprint density at radius 2 is 1.62 bits per heavy atom. The van der Waals surface area contributed by atoms with Gasteiger partial charge in [0.1, 0.15) is 5.82 Å². The summed E-state index contributed by atoms with van der Waals surface area (Å²) < 4.78 is 30.8. The van der Waals surface area contributed by atoms with E-state index in [1.807, 2.05) is 6.07 Å². The maximum absolute atomic E-state index is 15.1. The zero-order chi connectivity index (χ0) is 24.4. The highest BCUT2D eigenvalue weighted by Crippen LogP contribution is 2.44. The summed E-state index contributed by atoms with van der Waals surface area (Å²) in [4.78, 5) is 27.0. The zero-order valence-electron chi connectivity index (χ0n) is 18.9. The molecule has 0 unspecified atom stereocenters. The molecule has 0 fully saturated rings. The first kappa shape index (κ1) is 23.6. The Kier molecular flexibility index (Phi) is 6.75. The summed E-state index contributed by atoms with van der Waals surface area (Å²) >= 11 is 6.46. The van der Waals surface area contributed by atoms with Crippen LogP contribution in [0.3, 0.4) is 0 Å². The molecule has 0 aromatic heterocycles. The van der Waals surface area contributed by atoms with Crippen LogP contribution in [0.2, 0.25) is 5.02 Å². The molecule has 6 nitrogen and oxygen atoms in total. The van der Waals surface area contributed by atoms with Crippen molar-refractivity contribution in [2.24, 2.45) is 0 Å². The van der Waals surface area contributed by atoms with Crippen molar-refractivity contribution in [3.63, 3.8) is 0 Å². The van der Waals surface area contributed by atoms with Crippen molar-refractivity contribution in [2.75, 3.05) is 27.9 Å². The van der Waals surface area contributed by atoms with Gasteiger partial charge in [-0.2, -0.15) is 0 Å². The summed E-state index contributed by atoms with van der Waals surface area (Å²) in [5, 5.41) is 0.214. The fraction of sp³-hybridized carbons (Fsp3) is 0.231. The van der Waals surface area contributed by atoms with Crippen LogP contribution in [-0.2, 0) is 11.2 Å². The fourth-order valence-electron chi connectivity index (χ4n) is 4.28. The van der Waals surface area contributed by atoms with E-state index >= 15 is 4.39 Å². The Labute approximate surface area is 201 Å². The molecule has 0 spiro atoms. The highest BCUT2D eigenvalue weighted by molar-refractivity contribution is 6.31. The van der Waals surface area contributed by atoms with E-state index in [1.165, 1.54) is 38.5 Å². The number of nitrogens with zero attached hydrogens (tertiary/aromatic N) is 1. The van der Waals surface area contributed by atoms with E-state index < -0.39 is 17.8 Å². The van der Waals surface area contributed by atoms with Gasteiger partial charge >= 0.3 is 5.97 Å². The minimum atomic E-state index is -0.787. The average molecular weight is 484 g/mol. The number of fused-ring (bicyclic) bond motifs is 1. The molecule has 0 bridgehead atoms. The van der Waals surface area contributed by atoms with Gasteiger partial charge in [0.05, 0.1) is 32.9 Å². The first-order valence-electron chi connectivity index (χ1n) is 10.6. The van der Waals surface area contributed by atoms with E-state index in [1.54, 1.807) is 36.3 Å². The highest BCUT2D eigenvalue weighted by atomic mass is 35.5. The number of methoxy groups -OCH3 is 3. The van der Waals surface area contributed by atoms with Crippen LogP contribution in [-0.4, -0.2) is 44.7 Å². The first-order chi connectivity index (χ1) is 16.4. The van der Waals surface area contributed by atoms with Gasteiger partial charge in [0.25, 0.3) is 5.91 Å². The van der Waals surface area contributed by atoms with Gasteiger partial charge in [-0.1, -0.05) is 17.7 Å². The molecule has 3 aromatic carbocycles. The van der Waals surface area contributed by atoms with Gasteiger partial charge in [-0.15, -0.1) is 0 Å². The molecule has 0 aliphatic carbocycles. The standard InChI is InChI=1S/C26H23ClFNO5/c1-32-21-13-17-11-12-29(25(30)15-7-9-16(10-8-15)26(31)34-3)24(18(17)14-22(21)33-2)23-19(27)5-4-6-20(23)28/h4-10,13-14,24H,11-12H2,1-3H3/t24-/m1/s1. The second-order valence-electron chi connectivity index (χ2n) is 7.76. The van der Waals surface area contributed by atoms with Gasteiger partial charge < -0.3 is 19.1 Å². The number of benzene rings is 3. The number of halogens is 2.